The number of halogens is 1. The van der Waals surface area contributed by atoms with E-state index in [1.807, 2.05) is 18.7 Å². The monoisotopic (exact) mass is 435 g/mol. The molecule has 2 amide bonds. The number of rotatable bonds is 6. The van der Waals surface area contributed by atoms with Crippen molar-refractivity contribution in [1.82, 2.24) is 5.32 Å². The summed E-state index contributed by atoms with van der Waals surface area (Å²) in [4.78, 5) is 27.5. The molecule has 3 saturated heterocycles. The van der Waals surface area contributed by atoms with Crippen molar-refractivity contribution in [1.29, 1.82) is 0 Å². The molecule has 1 aromatic rings. The zero-order valence-corrected chi connectivity index (χ0v) is 18.3. The molecule has 1 N–H and O–H groups in total. The van der Waals surface area contributed by atoms with Gasteiger partial charge in [0.25, 0.3) is 0 Å². The van der Waals surface area contributed by atoms with Crippen molar-refractivity contribution in [2.24, 2.45) is 11.8 Å². The Bertz CT molecular complexity index is 779. The van der Waals surface area contributed by atoms with Crippen LogP contribution in [0.15, 0.2) is 18.2 Å². The molecule has 0 radical (unpaired) electrons. The topological polar surface area (TPSA) is 61.9 Å². The quantitative estimate of drug-likeness (QED) is 0.739. The van der Waals surface area contributed by atoms with Crippen molar-refractivity contribution in [2.75, 3.05) is 47.5 Å². The number of hydrogen-bond donors (Lipinski definition) is 1. The van der Waals surface area contributed by atoms with Crippen molar-refractivity contribution in [3.63, 3.8) is 0 Å². The van der Waals surface area contributed by atoms with Crippen LogP contribution in [0.3, 0.4) is 0 Å². The minimum absolute atomic E-state index is 0.0529. The summed E-state index contributed by atoms with van der Waals surface area (Å²) in [6, 6.07) is 5.01. The average molecular weight is 436 g/mol. The number of amides is 2. The van der Waals surface area contributed by atoms with Crippen LogP contribution in [0.1, 0.15) is 32.6 Å². The fourth-order valence-corrected chi connectivity index (χ4v) is 5.81. The van der Waals surface area contributed by atoms with Gasteiger partial charge < -0.3 is 15.0 Å². The van der Waals surface area contributed by atoms with Gasteiger partial charge in [-0.2, -0.15) is 11.8 Å². The highest BCUT2D eigenvalue weighted by molar-refractivity contribution is 7.99. The van der Waals surface area contributed by atoms with Gasteiger partial charge in [-0.05, 0) is 60.8 Å². The molecule has 0 bridgehead atoms. The Morgan fingerprint density at radius 1 is 1.23 bits per heavy atom. The van der Waals surface area contributed by atoms with E-state index in [4.69, 9.17) is 4.74 Å². The summed E-state index contributed by atoms with van der Waals surface area (Å²) in [5.41, 5.74) is 1.11. The lowest BCUT2D eigenvalue weighted by molar-refractivity contribution is -0.121. The third-order valence-corrected chi connectivity index (χ3v) is 7.35. The molecule has 0 saturated carbocycles. The molecule has 3 heterocycles. The predicted molar refractivity (Wildman–Crippen MR) is 118 cm³/mol. The lowest BCUT2D eigenvalue weighted by atomic mass is 9.92. The van der Waals surface area contributed by atoms with Crippen molar-refractivity contribution >= 4 is 35.1 Å². The lowest BCUT2D eigenvalue weighted by Gasteiger charge is -2.21. The van der Waals surface area contributed by atoms with Crippen molar-refractivity contribution < 1.29 is 18.7 Å². The number of anilines is 2. The molecule has 3 atom stereocenters. The second-order valence-electron chi connectivity index (χ2n) is 8.42. The van der Waals surface area contributed by atoms with Crippen LogP contribution in [0, 0.1) is 17.7 Å². The van der Waals surface area contributed by atoms with Gasteiger partial charge in [0, 0.05) is 19.5 Å². The molecule has 3 aliphatic heterocycles. The van der Waals surface area contributed by atoms with Crippen LogP contribution in [0.4, 0.5) is 20.6 Å². The molecule has 4 rings (SSSR count). The fourth-order valence-electron chi connectivity index (χ4n) is 4.66. The number of nitrogens with zero attached hydrogens (tertiary/aromatic N) is 2. The number of fused-ring (bicyclic) bond motifs is 1. The van der Waals surface area contributed by atoms with Gasteiger partial charge in [0.2, 0.25) is 5.91 Å². The van der Waals surface area contributed by atoms with E-state index in [1.54, 1.807) is 12.1 Å². The van der Waals surface area contributed by atoms with E-state index >= 15 is 0 Å². The van der Waals surface area contributed by atoms with E-state index in [0.29, 0.717) is 36.2 Å². The second-order valence-corrected chi connectivity index (χ2v) is 9.65. The van der Waals surface area contributed by atoms with Gasteiger partial charge in [0.1, 0.15) is 11.9 Å². The molecule has 0 aliphatic carbocycles. The first-order valence-electron chi connectivity index (χ1n) is 10.9. The minimum Gasteiger partial charge on any atom is -0.442 e. The fraction of sp³-hybridized carbons (Fsp3) is 0.636. The molecular weight excluding hydrogens is 405 g/mol. The van der Waals surface area contributed by atoms with E-state index in [1.165, 1.54) is 35.3 Å². The van der Waals surface area contributed by atoms with Crippen LogP contribution in [-0.4, -0.2) is 55.8 Å². The van der Waals surface area contributed by atoms with Crippen molar-refractivity contribution in [2.45, 2.75) is 38.7 Å². The zero-order chi connectivity index (χ0) is 21.1. The number of carbonyl (C=O) groups is 2. The van der Waals surface area contributed by atoms with Crippen LogP contribution in [0.25, 0.3) is 0 Å². The number of benzene rings is 1. The molecule has 6 nitrogen and oxygen atoms in total. The number of carbonyl (C=O) groups excluding carboxylic acids is 2. The maximum absolute atomic E-state index is 15.0. The first-order valence-corrected chi connectivity index (χ1v) is 12.1. The number of ether oxygens (including phenoxy) is 1. The van der Waals surface area contributed by atoms with Crippen LogP contribution < -0.4 is 15.1 Å². The number of thioether (sulfide) groups is 1. The highest BCUT2D eigenvalue weighted by Crippen LogP contribution is 2.38. The van der Waals surface area contributed by atoms with Gasteiger partial charge in [0.05, 0.1) is 24.5 Å². The molecule has 30 heavy (non-hydrogen) atoms. The Morgan fingerprint density at radius 3 is 2.63 bits per heavy atom. The number of cyclic esters (lactones) is 1. The molecule has 0 spiro atoms. The standard InChI is InChI=1S/C22H30FN3O3S/c1-2-3-21(27)24-11-18-14-26(22(28)29-18)17-4-5-20(19(23)10-17)25-12-15-6-8-30-9-7-16(15)13-25/h4-5,10,15-16,18H,2-3,6-9,11-14H2,1H3,(H,24,27)/t15?,16?,18-/m0/s1. The summed E-state index contributed by atoms with van der Waals surface area (Å²) < 4.78 is 20.3. The first-order chi connectivity index (χ1) is 14.5. The SMILES string of the molecule is CCCC(=O)NC[C@H]1CN(c2ccc(N3CC4CCSCCC4C3)c(F)c2)C(=O)O1. The predicted octanol–water partition coefficient (Wildman–Crippen LogP) is 3.65. The van der Waals surface area contributed by atoms with E-state index in [9.17, 15) is 14.0 Å². The summed E-state index contributed by atoms with van der Waals surface area (Å²) >= 11 is 2.03. The summed E-state index contributed by atoms with van der Waals surface area (Å²) in [7, 11) is 0. The van der Waals surface area contributed by atoms with E-state index in [0.717, 1.165) is 19.5 Å². The normalized spacial score (nSPS) is 26.3. The summed E-state index contributed by atoms with van der Waals surface area (Å²) in [5.74, 6) is 3.35. The third-order valence-electron chi connectivity index (χ3n) is 6.30. The molecule has 3 aliphatic rings. The second kappa shape index (κ2) is 9.45. The molecule has 3 fully saturated rings. The molecular formula is C22H30FN3O3S. The number of nitrogens with one attached hydrogen (secondary N) is 1. The van der Waals surface area contributed by atoms with Gasteiger partial charge in [-0.15, -0.1) is 0 Å². The largest absolute Gasteiger partial charge is 0.442 e. The van der Waals surface area contributed by atoms with E-state index in [2.05, 4.69) is 10.2 Å². The first kappa shape index (κ1) is 21.3. The van der Waals surface area contributed by atoms with Crippen molar-refractivity contribution in [3.05, 3.63) is 24.0 Å². The third kappa shape index (κ3) is 4.68. The molecule has 8 heteroatoms. The maximum atomic E-state index is 15.0. The number of hydrogen-bond acceptors (Lipinski definition) is 5. The average Bonchev–Trinajstić information content (AvgIpc) is 3.22. The van der Waals surface area contributed by atoms with Crippen LogP contribution in [0.2, 0.25) is 0 Å². The molecule has 164 valence electrons. The smallest absolute Gasteiger partial charge is 0.414 e. The Morgan fingerprint density at radius 2 is 1.97 bits per heavy atom. The van der Waals surface area contributed by atoms with Crippen molar-refractivity contribution in [3.8, 4) is 0 Å². The Kier molecular flexibility index (Phi) is 6.71. The summed E-state index contributed by atoms with van der Waals surface area (Å²) in [5, 5.41) is 2.78. The Labute approximate surface area is 181 Å². The summed E-state index contributed by atoms with van der Waals surface area (Å²) in [6.45, 7) is 4.33. The Balaban J connectivity index is 1.38. The zero-order valence-electron chi connectivity index (χ0n) is 17.4. The summed E-state index contributed by atoms with van der Waals surface area (Å²) in [6.07, 6.45) is 2.71. The van der Waals surface area contributed by atoms with Gasteiger partial charge in [-0.1, -0.05) is 6.92 Å². The maximum Gasteiger partial charge on any atom is 0.414 e. The molecule has 1 aromatic carbocycles. The molecule has 2 unspecified atom stereocenters. The Hall–Kier alpha value is -1.96. The van der Waals surface area contributed by atoms with Crippen LogP contribution in [0.5, 0.6) is 0 Å². The lowest BCUT2D eigenvalue weighted by Crippen LogP contribution is -2.34. The van der Waals surface area contributed by atoms with Gasteiger partial charge in [0.15, 0.2) is 0 Å². The molecule has 0 aromatic heterocycles. The van der Waals surface area contributed by atoms with Gasteiger partial charge in [-0.25, -0.2) is 9.18 Å². The van der Waals surface area contributed by atoms with Gasteiger partial charge in [-0.3, -0.25) is 9.69 Å². The van der Waals surface area contributed by atoms with Crippen LogP contribution in [-0.2, 0) is 9.53 Å². The van der Waals surface area contributed by atoms with Gasteiger partial charge >= 0.3 is 6.09 Å². The van der Waals surface area contributed by atoms with Crippen LogP contribution >= 0.6 is 11.8 Å². The minimum atomic E-state index is -0.502. The highest BCUT2D eigenvalue weighted by Gasteiger charge is 2.36. The van der Waals surface area contributed by atoms with E-state index in [-0.39, 0.29) is 18.3 Å². The highest BCUT2D eigenvalue weighted by atomic mass is 32.2. The van der Waals surface area contributed by atoms with E-state index < -0.39 is 12.2 Å².